The predicted octanol–water partition coefficient (Wildman–Crippen LogP) is 5.27. The van der Waals surface area contributed by atoms with Crippen LogP contribution in [-0.4, -0.2) is 5.11 Å². The van der Waals surface area contributed by atoms with Crippen LogP contribution in [0.4, 0.5) is 0 Å². The van der Waals surface area contributed by atoms with Crippen LogP contribution in [0, 0.1) is 13.8 Å². The Bertz CT molecular complexity index is 1080. The highest BCUT2D eigenvalue weighted by molar-refractivity contribution is 7.72. The topological polar surface area (TPSA) is 20.2 Å². The van der Waals surface area contributed by atoms with Crippen LogP contribution >= 0.6 is 16.5 Å². The van der Waals surface area contributed by atoms with E-state index >= 15 is 0 Å². The quantitative estimate of drug-likeness (QED) is 0.415. The van der Waals surface area contributed by atoms with Gasteiger partial charge in [0.25, 0.3) is 0 Å². The molecule has 0 radical (unpaired) electrons. The summed E-state index contributed by atoms with van der Waals surface area (Å²) >= 11 is 0. The van der Waals surface area contributed by atoms with E-state index in [-0.39, 0.29) is 0 Å². The molecule has 1 atom stereocenters. The SMILES string of the molecule is Cc1cccc(Pc2c(C)cccc2CP(c2ccccc2)c2ccccc2)c1O. The fourth-order valence-electron chi connectivity index (χ4n) is 3.65. The van der Waals surface area contributed by atoms with E-state index in [1.165, 1.54) is 27.0 Å². The van der Waals surface area contributed by atoms with Crippen LogP contribution in [0.15, 0.2) is 97.1 Å². The average Bonchev–Trinajstić information content (AvgIpc) is 2.78. The van der Waals surface area contributed by atoms with Crippen molar-refractivity contribution in [2.24, 2.45) is 0 Å². The van der Waals surface area contributed by atoms with Crippen molar-refractivity contribution in [1.82, 2.24) is 0 Å². The van der Waals surface area contributed by atoms with Gasteiger partial charge in [0.1, 0.15) is 5.75 Å². The molecular formula is C27H26OP2. The zero-order valence-corrected chi connectivity index (χ0v) is 19.2. The number of phenolic OH excluding ortho intramolecular Hbond substituents is 1. The molecule has 1 N–H and O–H groups in total. The van der Waals surface area contributed by atoms with Crippen LogP contribution in [-0.2, 0) is 6.16 Å². The lowest BCUT2D eigenvalue weighted by atomic mass is 10.1. The fraction of sp³-hybridized carbons (Fsp3) is 0.111. The lowest BCUT2D eigenvalue weighted by Gasteiger charge is -2.22. The molecule has 0 spiro atoms. The van der Waals surface area contributed by atoms with Crippen molar-refractivity contribution in [3.8, 4) is 5.75 Å². The lowest BCUT2D eigenvalue weighted by molar-refractivity contribution is 0.475. The van der Waals surface area contributed by atoms with Gasteiger partial charge in [0.15, 0.2) is 0 Å². The van der Waals surface area contributed by atoms with Gasteiger partial charge in [-0.15, -0.1) is 0 Å². The molecule has 0 amide bonds. The standard InChI is InChI=1S/C27H26OP2/c1-20-11-10-18-25(26(20)28)29-27-21(2)12-9-13-22(27)19-30(23-14-5-3-6-15-23)24-16-7-4-8-17-24/h3-18,28-29H,19H2,1-2H3. The summed E-state index contributed by atoms with van der Waals surface area (Å²) in [7, 11) is -0.0574. The third-order valence-corrected chi connectivity index (χ3v) is 9.46. The highest BCUT2D eigenvalue weighted by Crippen LogP contribution is 2.38. The van der Waals surface area contributed by atoms with Crippen LogP contribution in [0.2, 0.25) is 0 Å². The zero-order valence-electron chi connectivity index (χ0n) is 17.3. The number of hydrogen-bond donors (Lipinski definition) is 1. The summed E-state index contributed by atoms with van der Waals surface area (Å²) in [5, 5.41) is 15.8. The van der Waals surface area contributed by atoms with Crippen molar-refractivity contribution in [3.63, 3.8) is 0 Å². The van der Waals surface area contributed by atoms with Crippen molar-refractivity contribution in [3.05, 3.63) is 114 Å². The van der Waals surface area contributed by atoms with Gasteiger partial charge < -0.3 is 5.11 Å². The number of benzene rings is 4. The minimum absolute atomic E-state index is 0.429. The van der Waals surface area contributed by atoms with Gasteiger partial charge in [-0.1, -0.05) is 106 Å². The van der Waals surface area contributed by atoms with Gasteiger partial charge in [-0.3, -0.25) is 0 Å². The Labute approximate surface area is 182 Å². The van der Waals surface area contributed by atoms with Crippen LogP contribution in [0.1, 0.15) is 16.7 Å². The molecule has 0 saturated heterocycles. The predicted molar refractivity (Wildman–Crippen MR) is 134 cm³/mol. The van der Waals surface area contributed by atoms with Crippen LogP contribution in [0.25, 0.3) is 0 Å². The molecule has 4 rings (SSSR count). The Morgan fingerprint density at radius 2 is 1.23 bits per heavy atom. The third kappa shape index (κ3) is 4.65. The molecule has 150 valence electrons. The molecule has 0 fully saturated rings. The molecule has 0 bridgehead atoms. The molecule has 0 aliphatic heterocycles. The first-order valence-corrected chi connectivity index (χ1v) is 12.7. The lowest BCUT2D eigenvalue weighted by Crippen LogP contribution is -2.18. The summed E-state index contributed by atoms with van der Waals surface area (Å²) in [5.74, 6) is 0.429. The smallest absolute Gasteiger partial charge is 0.126 e. The molecule has 0 heterocycles. The fourth-order valence-corrected chi connectivity index (χ4v) is 7.51. The highest BCUT2D eigenvalue weighted by atomic mass is 31.1. The van der Waals surface area contributed by atoms with Gasteiger partial charge in [0.05, 0.1) is 0 Å². The van der Waals surface area contributed by atoms with Crippen molar-refractivity contribution < 1.29 is 5.11 Å². The van der Waals surface area contributed by atoms with Crippen LogP contribution in [0.5, 0.6) is 5.75 Å². The highest BCUT2D eigenvalue weighted by Gasteiger charge is 2.18. The Hall–Kier alpha value is -2.46. The van der Waals surface area contributed by atoms with Gasteiger partial charge in [-0.25, -0.2) is 0 Å². The van der Waals surface area contributed by atoms with Crippen molar-refractivity contribution >= 4 is 37.7 Å². The van der Waals surface area contributed by atoms with Gasteiger partial charge in [-0.2, -0.15) is 0 Å². The van der Waals surface area contributed by atoms with Crippen molar-refractivity contribution in [1.29, 1.82) is 0 Å². The number of aryl methyl sites for hydroxylation is 2. The zero-order chi connectivity index (χ0) is 20.9. The van der Waals surface area contributed by atoms with E-state index in [1.807, 2.05) is 25.1 Å². The van der Waals surface area contributed by atoms with Crippen molar-refractivity contribution in [2.45, 2.75) is 20.0 Å². The maximum absolute atomic E-state index is 10.6. The summed E-state index contributed by atoms with van der Waals surface area (Å²) in [4.78, 5) is 0. The second kappa shape index (κ2) is 9.57. The first kappa shape index (κ1) is 20.8. The molecule has 1 unspecified atom stereocenters. The van der Waals surface area contributed by atoms with Crippen LogP contribution in [0.3, 0.4) is 0 Å². The molecule has 30 heavy (non-hydrogen) atoms. The summed E-state index contributed by atoms with van der Waals surface area (Å²) in [6, 6.07) is 34.4. The molecule has 0 aliphatic carbocycles. The van der Waals surface area contributed by atoms with E-state index < -0.39 is 7.92 Å². The van der Waals surface area contributed by atoms with E-state index in [1.54, 1.807) is 0 Å². The monoisotopic (exact) mass is 428 g/mol. The number of rotatable bonds is 6. The first-order valence-electron chi connectivity index (χ1n) is 10.2. The molecule has 4 aromatic rings. The summed E-state index contributed by atoms with van der Waals surface area (Å²) in [6.45, 7) is 4.15. The summed E-state index contributed by atoms with van der Waals surface area (Å²) in [5.41, 5.74) is 3.61. The number of phenols is 1. The largest absolute Gasteiger partial charge is 0.507 e. The van der Waals surface area contributed by atoms with E-state index in [0.717, 1.165) is 17.0 Å². The van der Waals surface area contributed by atoms with Crippen LogP contribution < -0.4 is 21.2 Å². The van der Waals surface area contributed by atoms with Gasteiger partial charge in [0.2, 0.25) is 0 Å². The first-order chi connectivity index (χ1) is 14.6. The Balaban J connectivity index is 1.74. The maximum Gasteiger partial charge on any atom is 0.126 e. The summed E-state index contributed by atoms with van der Waals surface area (Å²) < 4.78 is 0. The Morgan fingerprint density at radius 3 is 1.87 bits per heavy atom. The number of hydrogen-bond acceptors (Lipinski definition) is 1. The van der Waals surface area contributed by atoms with E-state index in [9.17, 15) is 5.11 Å². The van der Waals surface area contributed by atoms with Crippen molar-refractivity contribution in [2.75, 3.05) is 0 Å². The molecule has 4 aromatic carbocycles. The third-order valence-electron chi connectivity index (χ3n) is 5.32. The molecule has 3 heteroatoms. The molecule has 0 aliphatic rings. The minimum Gasteiger partial charge on any atom is -0.507 e. The number of aromatic hydroxyl groups is 1. The second-order valence-electron chi connectivity index (χ2n) is 7.46. The van der Waals surface area contributed by atoms with Gasteiger partial charge >= 0.3 is 0 Å². The average molecular weight is 428 g/mol. The molecule has 0 aromatic heterocycles. The maximum atomic E-state index is 10.6. The van der Waals surface area contributed by atoms with Gasteiger partial charge in [0, 0.05) is 11.5 Å². The Kier molecular flexibility index (Phi) is 6.63. The van der Waals surface area contributed by atoms with E-state index in [4.69, 9.17) is 0 Å². The Morgan fingerprint density at radius 1 is 0.667 bits per heavy atom. The molecule has 0 saturated carbocycles. The normalized spacial score (nSPS) is 11.4. The van der Waals surface area contributed by atoms with E-state index in [2.05, 4.69) is 85.8 Å². The van der Waals surface area contributed by atoms with Gasteiger partial charge in [-0.05, 0) is 54.4 Å². The molecule has 1 nitrogen and oxygen atoms in total. The molecular weight excluding hydrogens is 402 g/mol. The summed E-state index contributed by atoms with van der Waals surface area (Å²) in [6.07, 6.45) is 1.000. The van der Waals surface area contributed by atoms with E-state index in [0.29, 0.717) is 14.3 Å². The second-order valence-corrected chi connectivity index (χ2v) is 11.0. The number of para-hydroxylation sites is 1. The minimum atomic E-state index is -0.502.